The predicted molar refractivity (Wildman–Crippen MR) is 135 cm³/mol. The second kappa shape index (κ2) is 8.43. The van der Waals surface area contributed by atoms with Gasteiger partial charge in [-0.05, 0) is 49.2 Å². The number of rotatable bonds is 4. The Morgan fingerprint density at radius 2 is 1.87 bits per heavy atom. The van der Waals surface area contributed by atoms with Gasteiger partial charge in [-0.3, -0.25) is 4.79 Å². The van der Waals surface area contributed by atoms with Gasteiger partial charge in [-0.25, -0.2) is 13.8 Å². The van der Waals surface area contributed by atoms with E-state index in [1.54, 1.807) is 4.57 Å². The number of nitrogens with zero attached hydrogens (tertiary/aromatic N) is 3. The van der Waals surface area contributed by atoms with Gasteiger partial charge in [0.15, 0.2) is 0 Å². The highest BCUT2D eigenvalue weighted by molar-refractivity contribution is 7.70. The molecular formula is C27H22F4N3O3P. The molecule has 0 unspecified atom stereocenters. The zero-order chi connectivity index (χ0) is 29.6. The lowest BCUT2D eigenvalue weighted by Crippen LogP contribution is -2.30. The molecule has 0 aliphatic carbocycles. The van der Waals surface area contributed by atoms with E-state index in [0.717, 1.165) is 12.1 Å². The average Bonchev–Trinajstić information content (AvgIpc) is 3.33. The SMILES string of the molecule is [2H]C([2H])([2H])N1C(=O)c2cccc(OC(F)F)c2[C@H]2C[C@@H]1c1nc3cc(F)c(-c4ccc(P(C)(C)=O)c(F)c4)cc3n12. The van der Waals surface area contributed by atoms with Gasteiger partial charge in [0.2, 0.25) is 0 Å². The minimum absolute atomic E-state index is 0.00264. The molecule has 0 radical (unpaired) electrons. The smallest absolute Gasteiger partial charge is 0.387 e. The molecule has 0 fully saturated rings. The number of hydrogen-bond acceptors (Lipinski definition) is 4. The van der Waals surface area contributed by atoms with Crippen molar-refractivity contribution < 1.29 is 35.8 Å². The van der Waals surface area contributed by atoms with Crippen molar-refractivity contribution >= 4 is 29.4 Å². The predicted octanol–water partition coefficient (Wildman–Crippen LogP) is 5.95. The maximum atomic E-state index is 15.4. The zero-order valence-electron chi connectivity index (χ0n) is 23.1. The minimum Gasteiger partial charge on any atom is -0.434 e. The first kappa shape index (κ1) is 21.3. The van der Waals surface area contributed by atoms with Crippen molar-refractivity contribution in [1.29, 1.82) is 0 Å². The van der Waals surface area contributed by atoms with E-state index in [1.807, 2.05) is 0 Å². The van der Waals surface area contributed by atoms with E-state index in [2.05, 4.69) is 4.98 Å². The largest absolute Gasteiger partial charge is 0.434 e. The van der Waals surface area contributed by atoms with Crippen LogP contribution in [0.25, 0.3) is 22.2 Å². The topological polar surface area (TPSA) is 64.4 Å². The van der Waals surface area contributed by atoms with Crippen LogP contribution in [0.3, 0.4) is 0 Å². The summed E-state index contributed by atoms with van der Waals surface area (Å²) in [5.41, 5.74) is 0.566. The van der Waals surface area contributed by atoms with E-state index in [-0.39, 0.29) is 51.1 Å². The van der Waals surface area contributed by atoms with E-state index in [0.29, 0.717) is 10.4 Å². The van der Waals surface area contributed by atoms with Crippen molar-refractivity contribution in [2.75, 3.05) is 20.3 Å². The normalized spacial score (nSPS) is 20.1. The third-order valence-electron chi connectivity index (χ3n) is 7.08. The Bertz CT molecular complexity index is 1800. The van der Waals surface area contributed by atoms with Gasteiger partial charge in [0.05, 0.1) is 23.1 Å². The number of carbonyl (C=O) groups is 1. The van der Waals surface area contributed by atoms with Gasteiger partial charge in [0, 0.05) is 45.6 Å². The Hall–Kier alpha value is -3.65. The van der Waals surface area contributed by atoms with Crippen LogP contribution in [0.15, 0.2) is 48.5 Å². The van der Waals surface area contributed by atoms with Crippen LogP contribution >= 0.6 is 7.14 Å². The molecule has 1 aromatic heterocycles. The molecule has 0 N–H and O–H groups in total. The molecule has 2 bridgehead atoms. The van der Waals surface area contributed by atoms with E-state index >= 15 is 4.39 Å². The fourth-order valence-electron chi connectivity index (χ4n) is 5.46. The molecule has 38 heavy (non-hydrogen) atoms. The Morgan fingerprint density at radius 1 is 1.08 bits per heavy atom. The number of benzene rings is 3. The number of alkyl halides is 2. The number of carbonyl (C=O) groups excluding carboxylic acids is 1. The highest BCUT2D eigenvalue weighted by atomic mass is 31.2. The maximum Gasteiger partial charge on any atom is 0.387 e. The summed E-state index contributed by atoms with van der Waals surface area (Å²) in [6.45, 7) is -3.28. The standard InChI is InChI=1S/C27H22F4N3O3P/c1-33-21-12-20(24-14(26(33)35)5-4-6-22(24)37-27(30)31)34-19-10-15(16(28)11-18(19)32-25(21)34)13-7-8-23(17(29)9-13)38(2,3)36/h4-11,20-21,27H,12H2,1-3H3/t20-,21-/m1/s1/i1D3. The van der Waals surface area contributed by atoms with Gasteiger partial charge < -0.3 is 18.8 Å². The fourth-order valence-corrected chi connectivity index (χ4v) is 6.48. The number of hydrogen-bond donors (Lipinski definition) is 0. The van der Waals surface area contributed by atoms with Crippen molar-refractivity contribution in [1.82, 2.24) is 14.5 Å². The molecule has 6 rings (SSSR count). The van der Waals surface area contributed by atoms with Crippen LogP contribution in [0.5, 0.6) is 5.75 Å². The summed E-state index contributed by atoms with van der Waals surface area (Å²) in [5.74, 6) is -2.54. The van der Waals surface area contributed by atoms with Gasteiger partial charge in [-0.15, -0.1) is 0 Å². The van der Waals surface area contributed by atoms with E-state index in [4.69, 9.17) is 8.85 Å². The maximum absolute atomic E-state index is 15.4. The Kier molecular flexibility index (Phi) is 4.72. The first-order chi connectivity index (χ1) is 19.2. The quantitative estimate of drug-likeness (QED) is 0.235. The molecule has 6 nitrogen and oxygen atoms in total. The molecule has 0 spiro atoms. The number of amides is 1. The van der Waals surface area contributed by atoms with Crippen LogP contribution in [-0.2, 0) is 4.57 Å². The lowest BCUT2D eigenvalue weighted by molar-refractivity contribution is -0.0507. The Balaban J connectivity index is 1.61. The summed E-state index contributed by atoms with van der Waals surface area (Å²) in [5, 5.41) is 0.0237. The summed E-state index contributed by atoms with van der Waals surface area (Å²) in [6, 6.07) is 8.43. The van der Waals surface area contributed by atoms with E-state index in [1.165, 1.54) is 49.7 Å². The van der Waals surface area contributed by atoms with E-state index < -0.39 is 50.4 Å². The minimum atomic E-state index is -3.21. The molecule has 2 aliphatic heterocycles. The molecule has 2 atom stereocenters. The molecule has 1 amide bonds. The lowest BCUT2D eigenvalue weighted by Gasteiger charge is -2.24. The van der Waals surface area contributed by atoms with Crippen LogP contribution in [0.1, 0.15) is 44.4 Å². The van der Waals surface area contributed by atoms with Gasteiger partial charge in [-0.2, -0.15) is 8.78 Å². The van der Waals surface area contributed by atoms with Crippen molar-refractivity contribution in [2.45, 2.75) is 25.1 Å². The molecule has 0 saturated carbocycles. The number of ether oxygens (including phenoxy) is 1. The highest BCUT2D eigenvalue weighted by Crippen LogP contribution is 2.50. The van der Waals surface area contributed by atoms with Crippen LogP contribution < -0.4 is 10.0 Å². The molecule has 3 heterocycles. The van der Waals surface area contributed by atoms with Crippen LogP contribution in [0.2, 0.25) is 0 Å². The number of fused-ring (bicyclic) bond motifs is 9. The third-order valence-corrected chi connectivity index (χ3v) is 8.60. The van der Waals surface area contributed by atoms with Gasteiger partial charge in [0.1, 0.15) is 30.4 Å². The average molecular weight is 546 g/mol. The molecule has 3 aromatic carbocycles. The molecule has 196 valence electrons. The van der Waals surface area contributed by atoms with Gasteiger partial charge in [-0.1, -0.05) is 12.1 Å². The van der Waals surface area contributed by atoms with Gasteiger partial charge >= 0.3 is 6.61 Å². The highest BCUT2D eigenvalue weighted by Gasteiger charge is 2.45. The fraction of sp³-hybridized carbons (Fsp3) is 0.259. The molecule has 4 aromatic rings. The van der Waals surface area contributed by atoms with E-state index in [9.17, 15) is 22.5 Å². The third kappa shape index (κ3) is 3.65. The first-order valence-electron chi connectivity index (χ1n) is 13.1. The first-order valence-corrected chi connectivity index (χ1v) is 14.2. The molecule has 2 aliphatic rings. The molecule has 11 heteroatoms. The van der Waals surface area contributed by atoms with Crippen molar-refractivity contribution in [3.8, 4) is 16.9 Å². The van der Waals surface area contributed by atoms with Crippen LogP contribution in [0.4, 0.5) is 17.6 Å². The number of halogens is 4. The van der Waals surface area contributed by atoms with Crippen LogP contribution in [0, 0.1) is 11.6 Å². The second-order valence-electron chi connectivity index (χ2n) is 9.72. The summed E-state index contributed by atoms with van der Waals surface area (Å²) in [6.07, 6.45) is -0.00264. The number of imidazole rings is 1. The lowest BCUT2D eigenvalue weighted by atomic mass is 9.97. The summed E-state index contributed by atoms with van der Waals surface area (Å²) >= 11 is 0. The van der Waals surface area contributed by atoms with Crippen molar-refractivity contribution in [2.24, 2.45) is 0 Å². The Morgan fingerprint density at radius 3 is 2.55 bits per heavy atom. The summed E-state index contributed by atoms with van der Waals surface area (Å²) in [4.78, 5) is 18.7. The Labute approximate surface area is 219 Å². The van der Waals surface area contributed by atoms with Crippen LogP contribution in [-0.4, -0.2) is 47.3 Å². The monoisotopic (exact) mass is 546 g/mol. The summed E-state index contributed by atoms with van der Waals surface area (Å²) < 4.78 is 100. The number of aromatic nitrogens is 2. The zero-order valence-corrected chi connectivity index (χ0v) is 21.0. The summed E-state index contributed by atoms with van der Waals surface area (Å²) in [7, 11) is -2.93. The van der Waals surface area contributed by atoms with Crippen molar-refractivity contribution in [3.05, 3.63) is 77.1 Å². The van der Waals surface area contributed by atoms with Gasteiger partial charge in [0.25, 0.3) is 5.91 Å². The molecule has 0 saturated heterocycles. The molecular weight excluding hydrogens is 521 g/mol. The van der Waals surface area contributed by atoms with Crippen molar-refractivity contribution in [3.63, 3.8) is 0 Å². The second-order valence-corrected chi connectivity index (χ2v) is 12.9.